The lowest BCUT2D eigenvalue weighted by Gasteiger charge is -2.20. The number of hydrogen-bond acceptors (Lipinski definition) is 5. The van der Waals surface area contributed by atoms with Crippen molar-refractivity contribution in [1.82, 2.24) is 19.7 Å². The molecule has 6 rings (SSSR count). The Hall–Kier alpha value is -4.97. The van der Waals surface area contributed by atoms with Crippen LogP contribution in [-0.2, 0) is 4.74 Å². The number of methoxy groups -OCH3 is 1. The van der Waals surface area contributed by atoms with Crippen molar-refractivity contribution >= 4 is 16.8 Å². The first kappa shape index (κ1) is 24.4. The monoisotopic (exact) mass is 512 g/mol. The van der Waals surface area contributed by atoms with Crippen LogP contribution in [0.2, 0.25) is 0 Å². The van der Waals surface area contributed by atoms with E-state index < -0.39 is 0 Å². The Morgan fingerprint density at radius 1 is 0.923 bits per heavy atom. The first-order valence-corrected chi connectivity index (χ1v) is 12.8. The summed E-state index contributed by atoms with van der Waals surface area (Å²) in [6, 6.07) is 26.7. The van der Waals surface area contributed by atoms with Crippen molar-refractivity contribution in [2.24, 2.45) is 0 Å². The lowest BCUT2D eigenvalue weighted by Crippen LogP contribution is -2.13. The van der Waals surface area contributed by atoms with Crippen molar-refractivity contribution < 1.29 is 9.26 Å². The van der Waals surface area contributed by atoms with Crippen LogP contribution in [0.3, 0.4) is 0 Å². The summed E-state index contributed by atoms with van der Waals surface area (Å²) in [6.07, 6.45) is 5.93. The summed E-state index contributed by atoms with van der Waals surface area (Å²) in [5.74, 6) is 1.40. The SMILES string of the molecule is C=C(OC)c1ccc(-c2cn([C@H](c3ccccc3)c3ccccn3)c3cc(-c4c(C)noc4C)cnc23)cc1. The number of aryl methyl sites for hydroxylation is 2. The largest absolute Gasteiger partial charge is 0.497 e. The van der Waals surface area contributed by atoms with E-state index in [1.54, 1.807) is 7.11 Å². The summed E-state index contributed by atoms with van der Waals surface area (Å²) < 4.78 is 13.1. The zero-order valence-corrected chi connectivity index (χ0v) is 22.1. The highest BCUT2D eigenvalue weighted by Crippen LogP contribution is 2.38. The number of benzene rings is 2. The fourth-order valence-corrected chi connectivity index (χ4v) is 5.18. The number of ether oxygens (including phenoxy) is 1. The smallest absolute Gasteiger partial charge is 0.141 e. The zero-order valence-electron chi connectivity index (χ0n) is 22.1. The second kappa shape index (κ2) is 10.1. The molecule has 6 heteroatoms. The lowest BCUT2D eigenvalue weighted by atomic mass is 10.0. The highest BCUT2D eigenvalue weighted by atomic mass is 16.5. The van der Waals surface area contributed by atoms with E-state index in [0.29, 0.717) is 5.76 Å². The minimum Gasteiger partial charge on any atom is -0.497 e. The molecule has 0 fully saturated rings. The predicted molar refractivity (Wildman–Crippen MR) is 154 cm³/mol. The van der Waals surface area contributed by atoms with Gasteiger partial charge in [0.25, 0.3) is 0 Å². The maximum atomic E-state index is 5.48. The molecule has 0 saturated carbocycles. The van der Waals surface area contributed by atoms with Gasteiger partial charge in [0.15, 0.2) is 0 Å². The van der Waals surface area contributed by atoms with Gasteiger partial charge >= 0.3 is 0 Å². The highest BCUT2D eigenvalue weighted by molar-refractivity contribution is 5.95. The number of fused-ring (bicyclic) bond motifs is 1. The van der Waals surface area contributed by atoms with E-state index in [9.17, 15) is 0 Å². The lowest BCUT2D eigenvalue weighted by molar-refractivity contribution is 0.371. The topological polar surface area (TPSA) is 66.0 Å². The first-order chi connectivity index (χ1) is 19.0. The van der Waals surface area contributed by atoms with E-state index in [-0.39, 0.29) is 6.04 Å². The summed E-state index contributed by atoms with van der Waals surface area (Å²) in [6.45, 7) is 7.87. The number of nitrogens with zero attached hydrogens (tertiary/aromatic N) is 4. The number of aromatic nitrogens is 4. The zero-order chi connectivity index (χ0) is 26.9. The van der Waals surface area contributed by atoms with Gasteiger partial charge in [0, 0.05) is 40.8 Å². The standard InChI is InChI=1S/C33H28N4O2/c1-21-31(23(3)39-36-21)27-18-30-32(35-19-27)28(25-15-13-24(14-16-25)22(2)38-4)20-37(30)33(26-10-6-5-7-11-26)29-12-8-9-17-34-29/h5-20,33H,2H2,1,3-4H3/t33-/m1/s1. The Morgan fingerprint density at radius 3 is 2.36 bits per heavy atom. The van der Waals surface area contributed by atoms with Gasteiger partial charge in [0.05, 0.1) is 29.5 Å². The van der Waals surface area contributed by atoms with E-state index >= 15 is 0 Å². The fraction of sp³-hybridized carbons (Fsp3) is 0.121. The van der Waals surface area contributed by atoms with Crippen LogP contribution in [0.15, 0.2) is 109 Å². The normalized spacial score (nSPS) is 12.0. The molecule has 0 bridgehead atoms. The predicted octanol–water partition coefficient (Wildman–Crippen LogP) is 7.62. The van der Waals surface area contributed by atoms with Crippen LogP contribution >= 0.6 is 0 Å². The van der Waals surface area contributed by atoms with Gasteiger partial charge in [-0.3, -0.25) is 9.97 Å². The molecule has 0 amide bonds. The van der Waals surface area contributed by atoms with Gasteiger partial charge in [-0.05, 0) is 43.2 Å². The molecule has 0 saturated heterocycles. The molecule has 39 heavy (non-hydrogen) atoms. The Balaban J connectivity index is 1.61. The van der Waals surface area contributed by atoms with Crippen molar-refractivity contribution in [3.63, 3.8) is 0 Å². The third-order valence-corrected chi connectivity index (χ3v) is 7.12. The highest BCUT2D eigenvalue weighted by Gasteiger charge is 2.24. The van der Waals surface area contributed by atoms with Crippen molar-refractivity contribution in [2.45, 2.75) is 19.9 Å². The van der Waals surface area contributed by atoms with Crippen LogP contribution in [0.5, 0.6) is 0 Å². The minimum atomic E-state index is -0.155. The second-order valence-corrected chi connectivity index (χ2v) is 9.51. The quantitative estimate of drug-likeness (QED) is 0.206. The number of hydrogen-bond donors (Lipinski definition) is 0. The van der Waals surface area contributed by atoms with E-state index in [1.807, 2.05) is 56.6 Å². The van der Waals surface area contributed by atoms with Crippen LogP contribution in [0.25, 0.3) is 39.0 Å². The summed E-state index contributed by atoms with van der Waals surface area (Å²) in [5, 5.41) is 4.17. The maximum Gasteiger partial charge on any atom is 0.141 e. The Labute approximate surface area is 227 Å². The average molecular weight is 513 g/mol. The minimum absolute atomic E-state index is 0.155. The summed E-state index contributed by atoms with van der Waals surface area (Å²) in [7, 11) is 1.63. The molecule has 0 aliphatic heterocycles. The van der Waals surface area contributed by atoms with E-state index in [0.717, 1.165) is 61.6 Å². The van der Waals surface area contributed by atoms with Gasteiger partial charge in [0.2, 0.25) is 0 Å². The summed E-state index contributed by atoms with van der Waals surface area (Å²) >= 11 is 0. The van der Waals surface area contributed by atoms with Gasteiger partial charge < -0.3 is 13.8 Å². The second-order valence-electron chi connectivity index (χ2n) is 9.51. The molecule has 0 N–H and O–H groups in total. The molecule has 1 atom stereocenters. The molecule has 2 aromatic carbocycles. The molecule has 0 radical (unpaired) electrons. The van der Waals surface area contributed by atoms with Crippen molar-refractivity contribution in [3.05, 3.63) is 132 Å². The van der Waals surface area contributed by atoms with E-state index in [2.05, 4.69) is 71.0 Å². The van der Waals surface area contributed by atoms with Crippen molar-refractivity contribution in [3.8, 4) is 22.3 Å². The third-order valence-electron chi connectivity index (χ3n) is 7.12. The first-order valence-electron chi connectivity index (χ1n) is 12.8. The van der Waals surface area contributed by atoms with Crippen LogP contribution in [0.4, 0.5) is 0 Å². The molecule has 0 unspecified atom stereocenters. The molecular formula is C33H28N4O2. The number of rotatable bonds is 7. The molecule has 6 nitrogen and oxygen atoms in total. The molecular weight excluding hydrogens is 484 g/mol. The Kier molecular flexibility index (Phi) is 6.29. The summed E-state index contributed by atoms with van der Waals surface area (Å²) in [5.41, 5.74) is 9.77. The van der Waals surface area contributed by atoms with Gasteiger partial charge in [0.1, 0.15) is 17.6 Å². The average Bonchev–Trinajstić information content (AvgIpc) is 3.52. The van der Waals surface area contributed by atoms with Gasteiger partial charge in [-0.1, -0.05) is 72.4 Å². The van der Waals surface area contributed by atoms with Crippen LogP contribution in [-0.4, -0.2) is 26.8 Å². The maximum absolute atomic E-state index is 5.48. The van der Waals surface area contributed by atoms with Gasteiger partial charge in [-0.25, -0.2) is 0 Å². The molecule has 0 aliphatic carbocycles. The molecule has 4 heterocycles. The number of pyridine rings is 2. The van der Waals surface area contributed by atoms with Crippen molar-refractivity contribution in [2.75, 3.05) is 7.11 Å². The van der Waals surface area contributed by atoms with E-state index in [1.165, 1.54) is 0 Å². The van der Waals surface area contributed by atoms with E-state index in [4.69, 9.17) is 19.2 Å². The van der Waals surface area contributed by atoms with Gasteiger partial charge in [-0.2, -0.15) is 0 Å². The molecule has 192 valence electrons. The molecule has 6 aromatic rings. The van der Waals surface area contributed by atoms with Gasteiger partial charge in [-0.15, -0.1) is 0 Å². The molecule has 0 aliphatic rings. The Bertz CT molecular complexity index is 1710. The van der Waals surface area contributed by atoms with Crippen LogP contribution in [0.1, 0.15) is 34.3 Å². The van der Waals surface area contributed by atoms with Crippen LogP contribution in [0, 0.1) is 13.8 Å². The summed E-state index contributed by atoms with van der Waals surface area (Å²) in [4.78, 5) is 9.78. The van der Waals surface area contributed by atoms with Crippen molar-refractivity contribution in [1.29, 1.82) is 0 Å². The Morgan fingerprint density at radius 2 is 1.69 bits per heavy atom. The molecule has 0 spiro atoms. The fourth-order valence-electron chi connectivity index (χ4n) is 5.18. The third kappa shape index (κ3) is 4.40. The van der Waals surface area contributed by atoms with Crippen LogP contribution < -0.4 is 0 Å². The molecule has 4 aromatic heterocycles.